The van der Waals surface area contributed by atoms with Crippen molar-refractivity contribution in [3.05, 3.63) is 38.9 Å². The molecule has 0 saturated carbocycles. The van der Waals surface area contributed by atoms with Crippen molar-refractivity contribution in [1.29, 1.82) is 0 Å². The number of halogens is 2. The molecule has 1 fully saturated rings. The van der Waals surface area contributed by atoms with Crippen LogP contribution in [0.25, 0.3) is 0 Å². The zero-order valence-corrected chi connectivity index (χ0v) is 22.0. The fraction of sp³-hybridized carbons (Fsp3) is 0.455. The van der Waals surface area contributed by atoms with Crippen molar-refractivity contribution in [2.45, 2.75) is 31.8 Å². The highest BCUT2D eigenvalue weighted by Gasteiger charge is 2.31. The van der Waals surface area contributed by atoms with Gasteiger partial charge in [-0.1, -0.05) is 11.6 Å². The molecule has 2 aliphatic rings. The lowest BCUT2D eigenvalue weighted by Gasteiger charge is -2.24. The first-order valence-corrected chi connectivity index (χ1v) is 12.5. The molecule has 1 atom stereocenters. The first kappa shape index (κ1) is 27.8. The number of thiazole rings is 1. The third-order valence-electron chi connectivity index (χ3n) is 5.78. The Morgan fingerprint density at radius 1 is 1.14 bits per heavy atom. The number of likely N-dealkylation sites (N-methyl/N-ethyl adjacent to an activating group) is 1. The number of hydrogen-bond donors (Lipinski definition) is 3. The van der Waals surface area contributed by atoms with Gasteiger partial charge < -0.3 is 25.8 Å². The summed E-state index contributed by atoms with van der Waals surface area (Å²) in [4.78, 5) is 63.8. The van der Waals surface area contributed by atoms with E-state index in [9.17, 15) is 19.2 Å². The van der Waals surface area contributed by atoms with Gasteiger partial charge in [-0.05, 0) is 32.0 Å². The lowest BCUT2D eigenvalue weighted by Crippen LogP contribution is -2.54. The number of nitrogens with zero attached hydrogens (tertiary/aromatic N) is 4. The average molecular weight is 556 g/mol. The predicted octanol–water partition coefficient (Wildman–Crippen LogP) is 1.08. The molecule has 194 valence electrons. The van der Waals surface area contributed by atoms with Crippen LogP contribution in [-0.2, 0) is 27.3 Å². The maximum Gasteiger partial charge on any atom is 0.314 e. The summed E-state index contributed by atoms with van der Waals surface area (Å²) < 4.78 is 0. The number of nitrogens with one attached hydrogen (secondary N) is 3. The first-order chi connectivity index (χ1) is 16.8. The van der Waals surface area contributed by atoms with Crippen LogP contribution in [0.2, 0.25) is 5.02 Å². The van der Waals surface area contributed by atoms with Gasteiger partial charge in [0.15, 0.2) is 5.01 Å². The zero-order valence-electron chi connectivity index (χ0n) is 19.6. The summed E-state index contributed by atoms with van der Waals surface area (Å²) in [5.74, 6) is -2.53. The number of carbonyl (C=O) groups excluding carboxylic acids is 4. The number of amides is 4. The van der Waals surface area contributed by atoms with Gasteiger partial charge in [-0.3, -0.25) is 19.2 Å². The second-order valence-electron chi connectivity index (χ2n) is 8.46. The molecule has 2 aromatic heterocycles. The predicted molar refractivity (Wildman–Crippen MR) is 137 cm³/mol. The highest BCUT2D eigenvalue weighted by Crippen LogP contribution is 2.24. The van der Waals surface area contributed by atoms with Crippen LogP contribution in [0.4, 0.5) is 5.82 Å². The topological polar surface area (TPSA) is 137 Å². The van der Waals surface area contributed by atoms with Crippen molar-refractivity contribution in [1.82, 2.24) is 30.4 Å². The SMILES string of the molecule is CN1CCc2nc(C(=O)NC(CNC(=O)C(=O)Nc3ccc(Cl)cn3)C(=O)N3CCCC3)sc2C1.Cl. The molecule has 0 aliphatic carbocycles. The number of likely N-dealkylation sites (tertiary alicyclic amines) is 1. The van der Waals surface area contributed by atoms with E-state index in [1.807, 2.05) is 7.05 Å². The van der Waals surface area contributed by atoms with Gasteiger partial charge in [0.1, 0.15) is 11.9 Å². The Kier molecular flexibility index (Phi) is 9.60. The Morgan fingerprint density at radius 2 is 1.89 bits per heavy atom. The number of anilines is 1. The lowest BCUT2D eigenvalue weighted by atomic mass is 10.2. The fourth-order valence-corrected chi connectivity index (χ4v) is 5.10. The molecular weight excluding hydrogens is 529 g/mol. The maximum atomic E-state index is 13.1. The highest BCUT2D eigenvalue weighted by molar-refractivity contribution is 7.13. The number of carbonyl (C=O) groups is 4. The summed E-state index contributed by atoms with van der Waals surface area (Å²) in [5, 5.41) is 8.18. The maximum absolute atomic E-state index is 13.1. The molecule has 0 spiro atoms. The van der Waals surface area contributed by atoms with Crippen molar-refractivity contribution < 1.29 is 19.2 Å². The number of fused-ring (bicyclic) bond motifs is 1. The highest BCUT2D eigenvalue weighted by atomic mass is 35.5. The molecule has 2 aromatic rings. The Morgan fingerprint density at radius 3 is 2.58 bits per heavy atom. The van der Waals surface area contributed by atoms with Gasteiger partial charge in [0, 0.05) is 50.2 Å². The van der Waals surface area contributed by atoms with E-state index >= 15 is 0 Å². The van der Waals surface area contributed by atoms with E-state index in [1.165, 1.54) is 29.7 Å². The van der Waals surface area contributed by atoms with E-state index in [0.29, 0.717) is 18.1 Å². The van der Waals surface area contributed by atoms with Gasteiger partial charge in [-0.25, -0.2) is 9.97 Å². The van der Waals surface area contributed by atoms with Crippen molar-refractivity contribution in [3.63, 3.8) is 0 Å². The normalized spacial score (nSPS) is 15.9. The van der Waals surface area contributed by atoms with Crippen LogP contribution in [-0.4, -0.2) is 82.7 Å². The van der Waals surface area contributed by atoms with Crippen LogP contribution in [0.3, 0.4) is 0 Å². The Bertz CT molecular complexity index is 1120. The van der Waals surface area contributed by atoms with Crippen LogP contribution in [0.1, 0.15) is 33.2 Å². The lowest BCUT2D eigenvalue weighted by molar-refractivity contribution is -0.137. The monoisotopic (exact) mass is 555 g/mol. The van der Waals surface area contributed by atoms with E-state index in [2.05, 4.69) is 30.8 Å². The molecule has 11 nitrogen and oxygen atoms in total. The van der Waals surface area contributed by atoms with Gasteiger partial charge in [0.2, 0.25) is 5.91 Å². The van der Waals surface area contributed by atoms with Gasteiger partial charge in [0.25, 0.3) is 5.91 Å². The standard InChI is InChI=1S/C22H26ClN7O4S.ClH/c1-29-9-6-14-16(12-29)35-21(27-14)20(33)26-15(22(34)30-7-2-3-8-30)11-25-18(31)19(32)28-17-5-4-13(23)10-24-17;/h4-5,10,15H,2-3,6-9,11-12H2,1H3,(H,25,31)(H,26,33)(H,24,28,32);1H. The third-order valence-corrected chi connectivity index (χ3v) is 7.08. The number of pyridine rings is 1. The molecule has 36 heavy (non-hydrogen) atoms. The van der Waals surface area contributed by atoms with Crippen LogP contribution in [0.5, 0.6) is 0 Å². The van der Waals surface area contributed by atoms with Crippen molar-refractivity contribution in [2.75, 3.05) is 38.5 Å². The zero-order chi connectivity index (χ0) is 24.9. The summed E-state index contributed by atoms with van der Waals surface area (Å²) in [5.41, 5.74) is 0.904. The second kappa shape index (κ2) is 12.4. The molecule has 0 bridgehead atoms. The van der Waals surface area contributed by atoms with Crippen molar-refractivity contribution >= 4 is 64.8 Å². The quantitative estimate of drug-likeness (QED) is 0.453. The largest absolute Gasteiger partial charge is 0.345 e. The summed E-state index contributed by atoms with van der Waals surface area (Å²) >= 11 is 7.08. The molecular formula is C22H27Cl2N7O4S. The summed E-state index contributed by atoms with van der Waals surface area (Å²) in [6, 6.07) is 1.95. The average Bonchev–Trinajstić information content (AvgIpc) is 3.52. The minimum atomic E-state index is -1.03. The molecule has 1 unspecified atom stereocenters. The smallest absolute Gasteiger partial charge is 0.314 e. The van der Waals surface area contributed by atoms with E-state index in [4.69, 9.17) is 11.6 Å². The van der Waals surface area contributed by atoms with Crippen LogP contribution in [0, 0.1) is 0 Å². The Hall–Kier alpha value is -2.80. The molecule has 4 amide bonds. The Balaban J connectivity index is 0.00000361. The van der Waals surface area contributed by atoms with Crippen molar-refractivity contribution in [2.24, 2.45) is 0 Å². The minimum absolute atomic E-state index is 0. The molecule has 1 saturated heterocycles. The van der Waals surface area contributed by atoms with E-state index in [-0.39, 0.29) is 35.7 Å². The number of rotatable bonds is 6. The summed E-state index contributed by atoms with van der Waals surface area (Å²) in [6.07, 6.45) is 3.85. The fourth-order valence-electron chi connectivity index (χ4n) is 3.90. The summed E-state index contributed by atoms with van der Waals surface area (Å²) in [6.45, 7) is 2.52. The molecule has 2 aliphatic heterocycles. The van der Waals surface area contributed by atoms with E-state index in [1.54, 1.807) is 4.90 Å². The third kappa shape index (κ3) is 6.90. The molecule has 14 heteroatoms. The first-order valence-electron chi connectivity index (χ1n) is 11.3. The van der Waals surface area contributed by atoms with Gasteiger partial charge in [-0.2, -0.15) is 0 Å². The molecule has 4 heterocycles. The van der Waals surface area contributed by atoms with Crippen molar-refractivity contribution in [3.8, 4) is 0 Å². The molecule has 0 radical (unpaired) electrons. The minimum Gasteiger partial charge on any atom is -0.345 e. The van der Waals surface area contributed by atoms with Gasteiger partial charge in [0.05, 0.1) is 10.7 Å². The number of hydrogen-bond acceptors (Lipinski definition) is 8. The van der Waals surface area contributed by atoms with Gasteiger partial charge in [-0.15, -0.1) is 23.7 Å². The van der Waals surface area contributed by atoms with E-state index in [0.717, 1.165) is 42.9 Å². The second-order valence-corrected chi connectivity index (χ2v) is 9.98. The Labute approximate surface area is 223 Å². The van der Waals surface area contributed by atoms with E-state index < -0.39 is 23.8 Å². The van der Waals surface area contributed by atoms with Crippen LogP contribution >= 0.6 is 35.3 Å². The van der Waals surface area contributed by atoms with Gasteiger partial charge >= 0.3 is 11.8 Å². The molecule has 3 N–H and O–H groups in total. The molecule has 0 aromatic carbocycles. The summed E-state index contributed by atoms with van der Waals surface area (Å²) in [7, 11) is 2.01. The van der Waals surface area contributed by atoms with Crippen LogP contribution < -0.4 is 16.0 Å². The number of aromatic nitrogens is 2. The van der Waals surface area contributed by atoms with Crippen LogP contribution in [0.15, 0.2) is 18.3 Å². The molecule has 4 rings (SSSR count).